The van der Waals surface area contributed by atoms with Gasteiger partial charge >= 0.3 is 0 Å². The Labute approximate surface area is 106 Å². The van der Waals surface area contributed by atoms with Gasteiger partial charge in [-0.1, -0.05) is 12.1 Å². The number of anilines is 1. The fourth-order valence-electron chi connectivity index (χ4n) is 1.55. The minimum Gasteiger partial charge on any atom is -0.409 e. The van der Waals surface area contributed by atoms with E-state index in [1.807, 2.05) is 0 Å². The van der Waals surface area contributed by atoms with E-state index in [-0.39, 0.29) is 11.7 Å². The van der Waals surface area contributed by atoms with Crippen molar-refractivity contribution in [3.8, 4) is 0 Å². The molecule has 1 amide bonds. The third-order valence-corrected chi connectivity index (χ3v) is 3.14. The molecule has 0 spiro atoms. The highest BCUT2D eigenvalue weighted by Gasteiger charge is 2.36. The predicted octanol–water partition coefficient (Wildman–Crippen LogP) is 0.830. The van der Waals surface area contributed by atoms with Crippen molar-refractivity contribution in [2.45, 2.75) is 27.2 Å². The summed E-state index contributed by atoms with van der Waals surface area (Å²) < 4.78 is 1.61. The molecular weight excluding hydrogens is 234 g/mol. The largest absolute Gasteiger partial charge is 0.409 e. The average molecular weight is 253 g/mol. The summed E-state index contributed by atoms with van der Waals surface area (Å²) in [6.45, 7) is 5.22. The molecule has 100 valence electrons. The maximum atomic E-state index is 12.2. The Morgan fingerprint density at radius 2 is 2.33 bits per heavy atom. The molecule has 4 N–H and O–H groups in total. The normalized spacial score (nSPS) is 15.2. The number of carbonyl (C=O) groups is 1. The van der Waals surface area contributed by atoms with Crippen molar-refractivity contribution in [3.63, 3.8) is 0 Å². The molecule has 0 aliphatic carbocycles. The molecule has 1 aromatic rings. The molecule has 7 heteroatoms. The zero-order valence-corrected chi connectivity index (χ0v) is 11.1. The number of amidine groups is 1. The lowest BCUT2D eigenvalue weighted by Crippen LogP contribution is -2.44. The van der Waals surface area contributed by atoms with Gasteiger partial charge in [0.2, 0.25) is 5.91 Å². The lowest BCUT2D eigenvalue weighted by molar-refractivity contribution is -0.121. The van der Waals surface area contributed by atoms with Crippen molar-refractivity contribution < 1.29 is 10.0 Å². The van der Waals surface area contributed by atoms with Crippen LogP contribution in [0.5, 0.6) is 0 Å². The quantitative estimate of drug-likeness (QED) is 0.320. The number of nitrogens with two attached hydrogens (primary N) is 1. The first-order chi connectivity index (χ1) is 8.35. The molecule has 0 aliphatic heterocycles. The van der Waals surface area contributed by atoms with Gasteiger partial charge in [0.15, 0.2) is 5.84 Å². The molecule has 0 bridgehead atoms. The summed E-state index contributed by atoms with van der Waals surface area (Å²) in [4.78, 5) is 12.2. The maximum absolute atomic E-state index is 12.2. The summed E-state index contributed by atoms with van der Waals surface area (Å²) in [7, 11) is 1.77. The van der Waals surface area contributed by atoms with E-state index in [1.54, 1.807) is 38.7 Å². The van der Waals surface area contributed by atoms with E-state index < -0.39 is 5.41 Å². The van der Waals surface area contributed by atoms with Crippen molar-refractivity contribution in [2.24, 2.45) is 23.4 Å². The third kappa shape index (κ3) is 2.44. The SMILES string of the molecule is CCC(C)(C(=O)Nc1cn(C)nc1C)C(N)=NO. The molecule has 1 unspecified atom stereocenters. The van der Waals surface area contributed by atoms with E-state index in [9.17, 15) is 4.79 Å². The molecule has 0 saturated heterocycles. The van der Waals surface area contributed by atoms with E-state index in [1.165, 1.54) is 0 Å². The number of aromatic nitrogens is 2. The second kappa shape index (κ2) is 5.07. The van der Waals surface area contributed by atoms with Crippen LogP contribution in [0.1, 0.15) is 26.0 Å². The van der Waals surface area contributed by atoms with Crippen LogP contribution in [0.2, 0.25) is 0 Å². The number of nitrogens with one attached hydrogen (secondary N) is 1. The van der Waals surface area contributed by atoms with Crippen LogP contribution in [0.15, 0.2) is 11.4 Å². The highest BCUT2D eigenvalue weighted by molar-refractivity contribution is 6.11. The number of nitrogens with zero attached hydrogens (tertiary/aromatic N) is 3. The second-order valence-corrected chi connectivity index (χ2v) is 4.43. The van der Waals surface area contributed by atoms with Crippen LogP contribution in [-0.4, -0.2) is 26.7 Å². The number of hydrogen-bond acceptors (Lipinski definition) is 4. The average Bonchev–Trinajstić information content (AvgIpc) is 2.65. The summed E-state index contributed by atoms with van der Waals surface area (Å²) >= 11 is 0. The Bertz CT molecular complexity index is 480. The third-order valence-electron chi connectivity index (χ3n) is 3.14. The number of hydrogen-bond donors (Lipinski definition) is 3. The molecule has 1 heterocycles. The van der Waals surface area contributed by atoms with Crippen molar-refractivity contribution in [1.29, 1.82) is 0 Å². The summed E-state index contributed by atoms with van der Waals surface area (Å²) in [5.74, 6) is -0.430. The molecule has 7 nitrogen and oxygen atoms in total. The van der Waals surface area contributed by atoms with E-state index in [4.69, 9.17) is 10.9 Å². The van der Waals surface area contributed by atoms with Crippen LogP contribution in [0.4, 0.5) is 5.69 Å². The van der Waals surface area contributed by atoms with Gasteiger partial charge in [-0.3, -0.25) is 9.48 Å². The maximum Gasteiger partial charge on any atom is 0.238 e. The first kappa shape index (κ1) is 14.0. The van der Waals surface area contributed by atoms with Crippen LogP contribution in [0.3, 0.4) is 0 Å². The summed E-state index contributed by atoms with van der Waals surface area (Å²) in [6.07, 6.45) is 2.13. The van der Waals surface area contributed by atoms with Crippen LogP contribution < -0.4 is 11.1 Å². The fourth-order valence-corrected chi connectivity index (χ4v) is 1.55. The molecule has 0 aliphatic rings. The number of aryl methyl sites for hydroxylation is 2. The van der Waals surface area contributed by atoms with Crippen LogP contribution in [0.25, 0.3) is 0 Å². The summed E-state index contributed by atoms with van der Waals surface area (Å²) in [5, 5.41) is 18.5. The van der Waals surface area contributed by atoms with Crippen LogP contribution in [-0.2, 0) is 11.8 Å². The lowest BCUT2D eigenvalue weighted by atomic mass is 9.85. The molecule has 0 fully saturated rings. The van der Waals surface area contributed by atoms with Gasteiger partial charge in [-0.2, -0.15) is 5.10 Å². The van der Waals surface area contributed by atoms with Gasteiger partial charge in [-0.05, 0) is 20.3 Å². The van der Waals surface area contributed by atoms with Crippen molar-refractivity contribution >= 4 is 17.4 Å². The number of oxime groups is 1. The van der Waals surface area contributed by atoms with E-state index >= 15 is 0 Å². The zero-order valence-electron chi connectivity index (χ0n) is 11.1. The highest BCUT2D eigenvalue weighted by atomic mass is 16.4. The van der Waals surface area contributed by atoms with Crippen LogP contribution >= 0.6 is 0 Å². The molecular formula is C11H19N5O2. The van der Waals surface area contributed by atoms with Gasteiger partial charge < -0.3 is 16.3 Å². The van der Waals surface area contributed by atoms with Gasteiger partial charge in [0.25, 0.3) is 0 Å². The zero-order chi connectivity index (χ0) is 13.9. The van der Waals surface area contributed by atoms with E-state index in [0.717, 1.165) is 0 Å². The monoisotopic (exact) mass is 253 g/mol. The predicted molar refractivity (Wildman–Crippen MR) is 68.4 cm³/mol. The van der Waals surface area contributed by atoms with Crippen molar-refractivity contribution in [1.82, 2.24) is 9.78 Å². The summed E-state index contributed by atoms with van der Waals surface area (Å²) in [5.41, 5.74) is 5.86. The Morgan fingerprint density at radius 1 is 1.72 bits per heavy atom. The summed E-state index contributed by atoms with van der Waals surface area (Å²) in [6, 6.07) is 0. The van der Waals surface area contributed by atoms with Crippen molar-refractivity contribution in [2.75, 3.05) is 5.32 Å². The Morgan fingerprint density at radius 3 is 2.72 bits per heavy atom. The first-order valence-corrected chi connectivity index (χ1v) is 5.64. The molecule has 18 heavy (non-hydrogen) atoms. The molecule has 0 radical (unpaired) electrons. The van der Waals surface area contributed by atoms with E-state index in [2.05, 4.69) is 15.6 Å². The molecule has 1 rings (SSSR count). The Kier molecular flexibility index (Phi) is 3.95. The smallest absolute Gasteiger partial charge is 0.238 e. The van der Waals surface area contributed by atoms with Gasteiger partial charge in [-0.25, -0.2) is 0 Å². The van der Waals surface area contributed by atoms with E-state index in [0.29, 0.717) is 17.8 Å². The van der Waals surface area contributed by atoms with Gasteiger partial charge in [0, 0.05) is 13.2 Å². The second-order valence-electron chi connectivity index (χ2n) is 4.43. The Hall–Kier alpha value is -2.05. The number of rotatable bonds is 4. The standard InChI is InChI=1S/C11H19N5O2/c1-5-11(3,9(12)15-18)10(17)13-8-6-16(4)14-7(8)2/h6,18H,5H2,1-4H3,(H2,12,15)(H,13,17). The fraction of sp³-hybridized carbons (Fsp3) is 0.545. The Balaban J connectivity index is 2.97. The lowest BCUT2D eigenvalue weighted by Gasteiger charge is -2.24. The van der Waals surface area contributed by atoms with Gasteiger partial charge in [0.1, 0.15) is 5.41 Å². The number of amides is 1. The minimum atomic E-state index is -1.04. The van der Waals surface area contributed by atoms with Gasteiger partial charge in [-0.15, -0.1) is 0 Å². The molecule has 1 atom stereocenters. The highest BCUT2D eigenvalue weighted by Crippen LogP contribution is 2.24. The van der Waals surface area contributed by atoms with Crippen LogP contribution in [0, 0.1) is 12.3 Å². The minimum absolute atomic E-state index is 0.107. The molecule has 0 saturated carbocycles. The van der Waals surface area contributed by atoms with Crippen molar-refractivity contribution in [3.05, 3.63) is 11.9 Å². The number of carbonyl (C=O) groups excluding carboxylic acids is 1. The molecule has 0 aromatic carbocycles. The molecule has 1 aromatic heterocycles. The van der Waals surface area contributed by atoms with Gasteiger partial charge in [0.05, 0.1) is 11.4 Å². The first-order valence-electron chi connectivity index (χ1n) is 5.64. The topological polar surface area (TPSA) is 106 Å².